The van der Waals surface area contributed by atoms with E-state index in [1.165, 1.54) is 6.26 Å². The van der Waals surface area contributed by atoms with Gasteiger partial charge >= 0.3 is 0 Å². The molecule has 2 aromatic rings. The van der Waals surface area contributed by atoms with Crippen LogP contribution in [-0.4, -0.2) is 74.7 Å². The first kappa shape index (κ1) is 21.7. The number of carbonyl (C=O) groups excluding carboxylic acids is 1. The summed E-state index contributed by atoms with van der Waals surface area (Å²) in [5.41, 5.74) is 1.11. The van der Waals surface area contributed by atoms with E-state index in [2.05, 4.69) is 17.1 Å². The molecule has 162 valence electrons. The number of rotatable bonds is 8. The number of hydrogen-bond donors (Lipinski definition) is 1. The monoisotopic (exact) mass is 414 g/mol. The molecule has 1 aromatic carbocycles. The predicted octanol–water partition coefficient (Wildman–Crippen LogP) is 2.23. The normalized spacial score (nSPS) is 14.7. The van der Waals surface area contributed by atoms with Crippen molar-refractivity contribution in [3.05, 3.63) is 54.0 Å². The van der Waals surface area contributed by atoms with Crippen molar-refractivity contribution in [3.8, 4) is 5.75 Å². The maximum Gasteiger partial charge on any atom is 0.289 e. The third-order valence-corrected chi connectivity index (χ3v) is 4.82. The highest BCUT2D eigenvalue weighted by atomic mass is 16.5. The number of aliphatic imine (C=N–C) groups is 1. The second-order valence-electron chi connectivity index (χ2n) is 6.91. The minimum absolute atomic E-state index is 0.0607. The topological polar surface area (TPSA) is 79.5 Å². The van der Waals surface area contributed by atoms with Crippen molar-refractivity contribution in [3.63, 3.8) is 0 Å². The zero-order chi connectivity index (χ0) is 21.2. The van der Waals surface area contributed by atoms with Crippen LogP contribution >= 0.6 is 0 Å². The number of carbonyl (C=O) groups is 1. The summed E-state index contributed by atoms with van der Waals surface area (Å²) in [6.45, 7) is 7.25. The first-order valence-electron chi connectivity index (χ1n) is 10.3. The maximum absolute atomic E-state index is 12.4. The number of amides is 1. The van der Waals surface area contributed by atoms with Crippen LogP contribution in [0.25, 0.3) is 0 Å². The molecule has 30 heavy (non-hydrogen) atoms. The Hall–Kier alpha value is -3.00. The van der Waals surface area contributed by atoms with Gasteiger partial charge in [0.15, 0.2) is 11.7 Å². The molecule has 3 rings (SSSR count). The summed E-state index contributed by atoms with van der Waals surface area (Å²) in [4.78, 5) is 21.2. The van der Waals surface area contributed by atoms with Gasteiger partial charge in [0.25, 0.3) is 5.91 Å². The molecule has 0 radical (unpaired) electrons. The van der Waals surface area contributed by atoms with Gasteiger partial charge in [0, 0.05) is 39.8 Å². The van der Waals surface area contributed by atoms with Crippen molar-refractivity contribution in [1.29, 1.82) is 0 Å². The van der Waals surface area contributed by atoms with Gasteiger partial charge in [-0.05, 0) is 36.8 Å². The Morgan fingerprint density at radius 3 is 2.47 bits per heavy atom. The molecular weight excluding hydrogens is 384 g/mol. The van der Waals surface area contributed by atoms with E-state index in [9.17, 15) is 4.79 Å². The molecule has 1 aromatic heterocycles. The van der Waals surface area contributed by atoms with Crippen LogP contribution in [0.1, 0.15) is 23.0 Å². The van der Waals surface area contributed by atoms with Gasteiger partial charge in [-0.2, -0.15) is 0 Å². The summed E-state index contributed by atoms with van der Waals surface area (Å²) in [5, 5.41) is 3.36. The molecule has 0 bridgehead atoms. The van der Waals surface area contributed by atoms with E-state index in [0.29, 0.717) is 38.6 Å². The average Bonchev–Trinajstić information content (AvgIpc) is 3.32. The third-order valence-electron chi connectivity index (χ3n) is 4.82. The summed E-state index contributed by atoms with van der Waals surface area (Å²) in [6, 6.07) is 11.4. The Kier molecular flexibility index (Phi) is 8.14. The Bertz CT molecular complexity index is 797. The van der Waals surface area contributed by atoms with Gasteiger partial charge in [-0.15, -0.1) is 0 Å². The summed E-state index contributed by atoms with van der Waals surface area (Å²) < 4.78 is 15.8. The Labute approximate surface area is 177 Å². The van der Waals surface area contributed by atoms with E-state index in [1.807, 2.05) is 29.2 Å². The highest BCUT2D eigenvalue weighted by Gasteiger charge is 2.25. The Balaban J connectivity index is 1.54. The molecule has 0 aliphatic carbocycles. The van der Waals surface area contributed by atoms with E-state index >= 15 is 0 Å². The molecular formula is C22H30N4O4. The highest BCUT2D eigenvalue weighted by Crippen LogP contribution is 2.14. The molecule has 0 spiro atoms. The zero-order valence-corrected chi connectivity index (χ0v) is 17.7. The number of nitrogens with zero attached hydrogens (tertiary/aromatic N) is 3. The lowest BCUT2D eigenvalue weighted by atomic mass is 10.2. The van der Waals surface area contributed by atoms with E-state index in [-0.39, 0.29) is 5.91 Å². The van der Waals surface area contributed by atoms with Crippen molar-refractivity contribution in [2.75, 3.05) is 53.0 Å². The Morgan fingerprint density at radius 1 is 1.10 bits per heavy atom. The van der Waals surface area contributed by atoms with Crippen molar-refractivity contribution < 1.29 is 18.7 Å². The van der Waals surface area contributed by atoms with E-state index in [0.717, 1.165) is 36.9 Å². The van der Waals surface area contributed by atoms with Gasteiger partial charge in [0.05, 0.1) is 19.4 Å². The number of furan rings is 1. The van der Waals surface area contributed by atoms with Crippen LogP contribution in [0.4, 0.5) is 0 Å². The summed E-state index contributed by atoms with van der Waals surface area (Å²) in [5.74, 6) is 2.01. The molecule has 0 saturated carbocycles. The van der Waals surface area contributed by atoms with E-state index in [1.54, 1.807) is 19.2 Å². The molecule has 0 atom stereocenters. The second kappa shape index (κ2) is 11.3. The van der Waals surface area contributed by atoms with Crippen LogP contribution in [0, 0.1) is 0 Å². The smallest absolute Gasteiger partial charge is 0.289 e. The molecule has 1 fully saturated rings. The van der Waals surface area contributed by atoms with Crippen molar-refractivity contribution in [2.45, 2.75) is 13.5 Å². The largest absolute Gasteiger partial charge is 0.491 e. The summed E-state index contributed by atoms with van der Waals surface area (Å²) in [7, 11) is 1.66. The lowest BCUT2D eigenvalue weighted by molar-refractivity contribution is 0.0657. The molecule has 1 aliphatic rings. The third kappa shape index (κ3) is 6.00. The number of nitrogens with one attached hydrogen (secondary N) is 1. The SMILES string of the molecule is CCNC(=NCc1ccc(OCCOC)cc1)N1CCN(C(=O)c2ccco2)CC1. The van der Waals surface area contributed by atoms with Crippen LogP contribution in [0.15, 0.2) is 52.1 Å². The highest BCUT2D eigenvalue weighted by molar-refractivity contribution is 5.91. The number of methoxy groups -OCH3 is 1. The molecule has 0 unspecified atom stereocenters. The number of benzene rings is 1. The molecule has 1 aliphatic heterocycles. The minimum Gasteiger partial charge on any atom is -0.491 e. The fraction of sp³-hybridized carbons (Fsp3) is 0.455. The second-order valence-corrected chi connectivity index (χ2v) is 6.91. The van der Waals surface area contributed by atoms with Gasteiger partial charge in [0.1, 0.15) is 12.4 Å². The molecule has 8 heteroatoms. The van der Waals surface area contributed by atoms with E-state index in [4.69, 9.17) is 18.9 Å². The van der Waals surface area contributed by atoms with Crippen LogP contribution in [0.2, 0.25) is 0 Å². The number of ether oxygens (including phenoxy) is 2. The molecule has 8 nitrogen and oxygen atoms in total. The van der Waals surface area contributed by atoms with Crippen LogP contribution in [0.3, 0.4) is 0 Å². The van der Waals surface area contributed by atoms with Gasteiger partial charge in [-0.3, -0.25) is 4.79 Å². The molecule has 1 N–H and O–H groups in total. The standard InChI is InChI=1S/C22H30N4O4/c1-3-23-22(24-17-18-6-8-19(9-7-18)29-16-15-28-2)26-12-10-25(11-13-26)21(27)20-5-4-14-30-20/h4-9,14H,3,10-13,15-17H2,1-2H3,(H,23,24). The number of hydrogen-bond acceptors (Lipinski definition) is 5. The van der Waals surface area contributed by atoms with Crippen molar-refractivity contribution >= 4 is 11.9 Å². The van der Waals surface area contributed by atoms with Gasteiger partial charge in [-0.1, -0.05) is 12.1 Å². The van der Waals surface area contributed by atoms with Crippen molar-refractivity contribution in [1.82, 2.24) is 15.1 Å². The fourth-order valence-electron chi connectivity index (χ4n) is 3.20. The van der Waals surface area contributed by atoms with Gasteiger partial charge in [0.2, 0.25) is 0 Å². The van der Waals surface area contributed by atoms with Crippen LogP contribution in [0.5, 0.6) is 5.75 Å². The number of guanidine groups is 1. The Morgan fingerprint density at radius 2 is 1.83 bits per heavy atom. The lowest BCUT2D eigenvalue weighted by Gasteiger charge is -2.36. The maximum atomic E-state index is 12.4. The van der Waals surface area contributed by atoms with E-state index < -0.39 is 0 Å². The predicted molar refractivity (Wildman–Crippen MR) is 115 cm³/mol. The minimum atomic E-state index is -0.0607. The summed E-state index contributed by atoms with van der Waals surface area (Å²) in [6.07, 6.45) is 1.53. The first-order chi connectivity index (χ1) is 14.7. The average molecular weight is 415 g/mol. The molecule has 1 amide bonds. The number of piperazine rings is 1. The molecule has 2 heterocycles. The lowest BCUT2D eigenvalue weighted by Crippen LogP contribution is -2.53. The van der Waals surface area contributed by atoms with Crippen LogP contribution < -0.4 is 10.1 Å². The van der Waals surface area contributed by atoms with Crippen LogP contribution in [-0.2, 0) is 11.3 Å². The van der Waals surface area contributed by atoms with Gasteiger partial charge in [-0.25, -0.2) is 4.99 Å². The van der Waals surface area contributed by atoms with Crippen molar-refractivity contribution in [2.24, 2.45) is 4.99 Å². The zero-order valence-electron chi connectivity index (χ0n) is 17.7. The fourth-order valence-corrected chi connectivity index (χ4v) is 3.20. The first-order valence-corrected chi connectivity index (χ1v) is 10.3. The van der Waals surface area contributed by atoms with Gasteiger partial charge < -0.3 is 29.0 Å². The molecule has 1 saturated heterocycles. The quantitative estimate of drug-likeness (QED) is 0.405. The summed E-state index contributed by atoms with van der Waals surface area (Å²) >= 11 is 0.